The highest BCUT2D eigenvalue weighted by Crippen LogP contribution is 2.39. The maximum Gasteiger partial charge on any atom is 0.240 e. The summed E-state index contributed by atoms with van der Waals surface area (Å²) in [5.74, 6) is -0.136. The maximum atomic E-state index is 12.2. The molecule has 104 valence electrons. The molecule has 4 nitrogen and oxygen atoms in total. The third-order valence-electron chi connectivity index (χ3n) is 3.80. The molecular formula is C14H19NO3S. The zero-order valence-electron chi connectivity index (χ0n) is 11.3. The van der Waals surface area contributed by atoms with E-state index in [4.69, 9.17) is 0 Å². The Kier molecular flexibility index (Phi) is 3.78. The number of carbonyl (C=O) groups is 1. The number of hydrogen-bond acceptors (Lipinski definition) is 3. The second kappa shape index (κ2) is 5.06. The quantitative estimate of drug-likeness (QED) is 0.843. The first kappa shape index (κ1) is 14.2. The number of hydrogen-bond donors (Lipinski definition) is 1. The van der Waals surface area contributed by atoms with E-state index in [0.717, 1.165) is 19.3 Å². The van der Waals surface area contributed by atoms with E-state index < -0.39 is 10.0 Å². The van der Waals surface area contributed by atoms with Crippen LogP contribution in [0.25, 0.3) is 0 Å². The molecule has 1 aromatic rings. The number of ketones is 1. The monoisotopic (exact) mass is 281 g/mol. The minimum atomic E-state index is -3.53. The molecule has 1 aliphatic carbocycles. The van der Waals surface area contributed by atoms with Crippen LogP contribution in [-0.2, 0) is 10.0 Å². The van der Waals surface area contributed by atoms with Crippen LogP contribution in [0.2, 0.25) is 0 Å². The van der Waals surface area contributed by atoms with Crippen LogP contribution in [0.5, 0.6) is 0 Å². The van der Waals surface area contributed by atoms with Gasteiger partial charge in [0.1, 0.15) is 0 Å². The number of carbonyl (C=O) groups excluding carboxylic acids is 1. The Bertz CT molecular complexity index is 588. The molecule has 0 radical (unpaired) electrons. The van der Waals surface area contributed by atoms with Crippen molar-refractivity contribution in [3.05, 3.63) is 29.8 Å². The van der Waals surface area contributed by atoms with Crippen molar-refractivity contribution in [2.45, 2.75) is 38.0 Å². The number of Topliss-reactive ketones (excluding diaryl/α,β-unsaturated/α-hetero) is 1. The fourth-order valence-corrected chi connectivity index (χ4v) is 3.44. The Balaban J connectivity index is 2.14. The van der Waals surface area contributed by atoms with E-state index in [2.05, 4.69) is 11.6 Å². The van der Waals surface area contributed by atoms with Crippen molar-refractivity contribution < 1.29 is 13.2 Å². The van der Waals surface area contributed by atoms with Crippen LogP contribution in [0, 0.1) is 5.41 Å². The molecule has 0 unspecified atom stereocenters. The molecule has 0 saturated heterocycles. The Morgan fingerprint density at radius 3 is 2.58 bits per heavy atom. The van der Waals surface area contributed by atoms with Crippen LogP contribution in [0.15, 0.2) is 29.2 Å². The first-order valence-electron chi connectivity index (χ1n) is 6.43. The van der Waals surface area contributed by atoms with E-state index >= 15 is 0 Å². The zero-order valence-corrected chi connectivity index (χ0v) is 12.1. The highest BCUT2D eigenvalue weighted by molar-refractivity contribution is 7.89. The topological polar surface area (TPSA) is 63.2 Å². The first-order valence-corrected chi connectivity index (χ1v) is 7.91. The Morgan fingerprint density at radius 1 is 1.37 bits per heavy atom. The minimum absolute atomic E-state index is 0.0885. The van der Waals surface area contributed by atoms with Crippen LogP contribution in [0.4, 0.5) is 0 Å². The van der Waals surface area contributed by atoms with Crippen molar-refractivity contribution in [2.75, 3.05) is 6.54 Å². The second-order valence-electron chi connectivity index (χ2n) is 5.57. The summed E-state index contributed by atoms with van der Waals surface area (Å²) < 4.78 is 27.0. The van der Waals surface area contributed by atoms with Crippen LogP contribution in [0.1, 0.15) is 43.5 Å². The standard InChI is InChI=1S/C14H19NO3S/c1-11(16)12-5-3-6-13(9-12)19(17,18)15-10-14(2)7-4-8-14/h3,5-6,9,15H,4,7-8,10H2,1-2H3. The predicted molar refractivity (Wildman–Crippen MR) is 73.6 cm³/mol. The lowest BCUT2D eigenvalue weighted by atomic mass is 9.71. The summed E-state index contributed by atoms with van der Waals surface area (Å²) in [6.45, 7) is 3.97. The molecule has 2 rings (SSSR count). The molecule has 0 bridgehead atoms. The van der Waals surface area contributed by atoms with Gasteiger partial charge in [-0.2, -0.15) is 0 Å². The Morgan fingerprint density at radius 2 is 2.05 bits per heavy atom. The molecule has 0 aromatic heterocycles. The molecule has 0 spiro atoms. The van der Waals surface area contributed by atoms with Gasteiger partial charge in [0.25, 0.3) is 0 Å². The number of benzene rings is 1. The molecular weight excluding hydrogens is 262 g/mol. The molecule has 1 saturated carbocycles. The Hall–Kier alpha value is -1.20. The van der Waals surface area contributed by atoms with Gasteiger partial charge in [-0.25, -0.2) is 13.1 Å². The van der Waals surface area contributed by atoms with Crippen LogP contribution in [0.3, 0.4) is 0 Å². The zero-order chi connectivity index (χ0) is 14.1. The molecule has 0 amide bonds. The van der Waals surface area contributed by atoms with Gasteiger partial charge >= 0.3 is 0 Å². The van der Waals surface area contributed by atoms with Crippen molar-refractivity contribution in [1.29, 1.82) is 0 Å². The van der Waals surface area contributed by atoms with Crippen molar-refractivity contribution in [2.24, 2.45) is 5.41 Å². The van der Waals surface area contributed by atoms with E-state index in [9.17, 15) is 13.2 Å². The average molecular weight is 281 g/mol. The minimum Gasteiger partial charge on any atom is -0.295 e. The van der Waals surface area contributed by atoms with Crippen molar-refractivity contribution in [3.63, 3.8) is 0 Å². The lowest BCUT2D eigenvalue weighted by Crippen LogP contribution is -2.39. The molecule has 19 heavy (non-hydrogen) atoms. The highest BCUT2D eigenvalue weighted by atomic mass is 32.2. The van der Waals surface area contributed by atoms with Crippen LogP contribution >= 0.6 is 0 Å². The summed E-state index contributed by atoms with van der Waals surface area (Å²) in [6.07, 6.45) is 3.28. The molecule has 0 aliphatic heterocycles. The summed E-state index contributed by atoms with van der Waals surface area (Å²) in [6, 6.07) is 6.15. The number of nitrogens with one attached hydrogen (secondary N) is 1. The lowest BCUT2D eigenvalue weighted by Gasteiger charge is -2.38. The second-order valence-corrected chi connectivity index (χ2v) is 7.34. The normalized spacial score (nSPS) is 17.8. The van der Waals surface area contributed by atoms with Gasteiger partial charge in [0.2, 0.25) is 10.0 Å². The SMILES string of the molecule is CC(=O)c1cccc(S(=O)(=O)NCC2(C)CCC2)c1. The number of sulfonamides is 1. The average Bonchev–Trinajstić information content (AvgIpc) is 2.34. The van der Waals surface area contributed by atoms with E-state index in [-0.39, 0.29) is 16.1 Å². The largest absolute Gasteiger partial charge is 0.295 e. The molecule has 1 N–H and O–H groups in total. The van der Waals surface area contributed by atoms with E-state index in [1.165, 1.54) is 19.1 Å². The summed E-state index contributed by atoms with van der Waals surface area (Å²) in [5, 5.41) is 0. The van der Waals surface area contributed by atoms with Gasteiger partial charge in [-0.15, -0.1) is 0 Å². The number of rotatable bonds is 5. The van der Waals surface area contributed by atoms with Crippen molar-refractivity contribution >= 4 is 15.8 Å². The molecule has 1 aromatic carbocycles. The lowest BCUT2D eigenvalue weighted by molar-refractivity contribution is 0.101. The third-order valence-corrected chi connectivity index (χ3v) is 5.20. The first-order chi connectivity index (χ1) is 8.82. The van der Waals surface area contributed by atoms with Crippen molar-refractivity contribution in [1.82, 2.24) is 4.72 Å². The van der Waals surface area contributed by atoms with Gasteiger partial charge in [0.05, 0.1) is 4.90 Å². The van der Waals surface area contributed by atoms with Crippen molar-refractivity contribution in [3.8, 4) is 0 Å². The van der Waals surface area contributed by atoms with Gasteiger partial charge in [0, 0.05) is 12.1 Å². The fourth-order valence-electron chi connectivity index (χ4n) is 2.19. The van der Waals surface area contributed by atoms with Crippen LogP contribution < -0.4 is 4.72 Å². The highest BCUT2D eigenvalue weighted by Gasteiger charge is 2.33. The van der Waals surface area contributed by atoms with Gasteiger partial charge in [-0.3, -0.25) is 4.79 Å². The Labute approximate surface area is 114 Å². The summed E-state index contributed by atoms with van der Waals surface area (Å²) >= 11 is 0. The molecule has 1 aliphatic rings. The smallest absolute Gasteiger partial charge is 0.240 e. The molecule has 0 atom stereocenters. The third kappa shape index (κ3) is 3.22. The van der Waals surface area contributed by atoms with Gasteiger partial charge < -0.3 is 0 Å². The van der Waals surface area contributed by atoms with E-state index in [1.807, 2.05) is 0 Å². The molecule has 1 fully saturated rings. The van der Waals surface area contributed by atoms with E-state index in [1.54, 1.807) is 12.1 Å². The summed E-state index contributed by atoms with van der Waals surface area (Å²) in [5.41, 5.74) is 0.503. The van der Waals surface area contributed by atoms with E-state index in [0.29, 0.717) is 12.1 Å². The summed E-state index contributed by atoms with van der Waals surface area (Å²) in [4.78, 5) is 11.4. The van der Waals surface area contributed by atoms with Crippen LogP contribution in [-0.4, -0.2) is 20.7 Å². The predicted octanol–water partition coefficient (Wildman–Crippen LogP) is 2.36. The molecule has 0 heterocycles. The van der Waals surface area contributed by atoms with Gasteiger partial charge in [0.15, 0.2) is 5.78 Å². The van der Waals surface area contributed by atoms with Gasteiger partial charge in [-0.05, 0) is 37.3 Å². The van der Waals surface area contributed by atoms with Gasteiger partial charge in [-0.1, -0.05) is 25.5 Å². The summed E-state index contributed by atoms with van der Waals surface area (Å²) in [7, 11) is -3.53. The fraction of sp³-hybridized carbons (Fsp3) is 0.500. The molecule has 5 heteroatoms. The maximum absolute atomic E-state index is 12.2.